The van der Waals surface area contributed by atoms with Gasteiger partial charge in [-0.3, -0.25) is 9.36 Å². The zero-order valence-electron chi connectivity index (χ0n) is 17.6. The Morgan fingerprint density at radius 3 is 2.66 bits per heavy atom. The number of carbonyl (C=O) groups excluding carboxylic acids is 1. The van der Waals surface area contributed by atoms with Crippen molar-refractivity contribution in [3.63, 3.8) is 0 Å². The van der Waals surface area contributed by atoms with E-state index < -0.39 is 12.0 Å². The number of halogens is 1. The molecule has 4 rings (SSSR count). The summed E-state index contributed by atoms with van der Waals surface area (Å²) in [5, 5.41) is 0. The van der Waals surface area contributed by atoms with E-state index in [4.69, 9.17) is 4.74 Å². The first-order valence-corrected chi connectivity index (χ1v) is 11.8. The molecule has 1 atom stereocenters. The highest BCUT2D eigenvalue weighted by molar-refractivity contribution is 9.10. The van der Waals surface area contributed by atoms with Crippen molar-refractivity contribution in [1.82, 2.24) is 4.57 Å². The molecule has 1 aliphatic rings. The Morgan fingerprint density at radius 1 is 1.19 bits per heavy atom. The van der Waals surface area contributed by atoms with E-state index in [9.17, 15) is 9.59 Å². The second-order valence-electron chi connectivity index (χ2n) is 7.17. The maximum atomic E-state index is 13.4. The summed E-state index contributed by atoms with van der Waals surface area (Å²) >= 11 is 4.78. The van der Waals surface area contributed by atoms with Crippen LogP contribution in [0, 0.1) is 0 Å². The van der Waals surface area contributed by atoms with E-state index in [1.165, 1.54) is 11.3 Å². The molecule has 7 heteroatoms. The lowest BCUT2D eigenvalue weighted by Crippen LogP contribution is -2.38. The van der Waals surface area contributed by atoms with Crippen molar-refractivity contribution in [2.45, 2.75) is 19.9 Å². The van der Waals surface area contributed by atoms with Gasteiger partial charge in [-0.2, -0.15) is 0 Å². The van der Waals surface area contributed by atoms with Crippen molar-refractivity contribution < 1.29 is 9.53 Å². The van der Waals surface area contributed by atoms with E-state index >= 15 is 0 Å². The first kappa shape index (κ1) is 22.2. The molecule has 0 N–H and O–H groups in total. The van der Waals surface area contributed by atoms with Crippen molar-refractivity contribution in [1.29, 1.82) is 0 Å². The van der Waals surface area contributed by atoms with Crippen LogP contribution in [0.2, 0.25) is 0 Å². The predicted octanol–water partition coefficient (Wildman–Crippen LogP) is 4.23. The number of allylic oxidation sites excluding steroid dienone is 2. The Morgan fingerprint density at radius 2 is 1.94 bits per heavy atom. The molecule has 3 aromatic rings. The molecule has 0 bridgehead atoms. The highest BCUT2D eigenvalue weighted by Crippen LogP contribution is 2.26. The third-order valence-corrected chi connectivity index (χ3v) is 6.45. The molecule has 1 aliphatic heterocycles. The van der Waals surface area contributed by atoms with Gasteiger partial charge in [0.25, 0.3) is 5.56 Å². The fourth-order valence-electron chi connectivity index (χ4n) is 3.53. The van der Waals surface area contributed by atoms with E-state index in [1.807, 2.05) is 72.8 Å². The molecular formula is C25H21BrN2O3S. The fourth-order valence-corrected chi connectivity index (χ4v) is 5.00. The van der Waals surface area contributed by atoms with Crippen LogP contribution in [0.3, 0.4) is 0 Å². The van der Waals surface area contributed by atoms with E-state index in [0.29, 0.717) is 20.6 Å². The number of rotatable bonds is 5. The van der Waals surface area contributed by atoms with Crippen molar-refractivity contribution in [2.75, 3.05) is 6.61 Å². The van der Waals surface area contributed by atoms with Crippen LogP contribution < -0.4 is 14.9 Å². The molecular weight excluding hydrogens is 488 g/mol. The minimum absolute atomic E-state index is 0.189. The third-order valence-electron chi connectivity index (χ3n) is 4.98. The van der Waals surface area contributed by atoms with Gasteiger partial charge in [-0.1, -0.05) is 81.9 Å². The second-order valence-corrected chi connectivity index (χ2v) is 9.09. The molecule has 2 aromatic carbocycles. The zero-order chi connectivity index (χ0) is 22.7. The maximum Gasteiger partial charge on any atom is 0.338 e. The highest BCUT2D eigenvalue weighted by Gasteiger charge is 2.30. The Bertz CT molecular complexity index is 1400. The summed E-state index contributed by atoms with van der Waals surface area (Å²) in [7, 11) is 0. The molecule has 0 saturated carbocycles. The lowest BCUT2D eigenvalue weighted by atomic mass is 10.0. The molecule has 0 amide bonds. The summed E-state index contributed by atoms with van der Waals surface area (Å²) < 4.78 is 8.35. The van der Waals surface area contributed by atoms with Gasteiger partial charge < -0.3 is 4.74 Å². The van der Waals surface area contributed by atoms with E-state index in [1.54, 1.807) is 18.4 Å². The number of hydrogen-bond acceptors (Lipinski definition) is 5. The molecule has 32 heavy (non-hydrogen) atoms. The van der Waals surface area contributed by atoms with Gasteiger partial charge in [-0.05, 0) is 43.2 Å². The summed E-state index contributed by atoms with van der Waals surface area (Å²) in [5.74, 6) is -0.460. The average molecular weight is 509 g/mol. The highest BCUT2D eigenvalue weighted by atomic mass is 79.9. The van der Waals surface area contributed by atoms with Crippen molar-refractivity contribution >= 4 is 45.4 Å². The van der Waals surface area contributed by atoms with Crippen LogP contribution in [-0.4, -0.2) is 17.1 Å². The number of carbonyl (C=O) groups is 1. The number of benzene rings is 2. The molecule has 1 aromatic heterocycles. The average Bonchev–Trinajstić information content (AvgIpc) is 3.07. The van der Waals surface area contributed by atoms with Crippen LogP contribution in [0.5, 0.6) is 0 Å². The Labute approximate surface area is 197 Å². The first-order chi connectivity index (χ1) is 15.5. The topological polar surface area (TPSA) is 60.7 Å². The second kappa shape index (κ2) is 9.63. The Kier molecular flexibility index (Phi) is 6.67. The van der Waals surface area contributed by atoms with Crippen LogP contribution in [0.4, 0.5) is 0 Å². The molecule has 0 spiro atoms. The van der Waals surface area contributed by atoms with Crippen molar-refractivity contribution in [3.05, 3.63) is 107 Å². The molecule has 0 aliphatic carbocycles. The van der Waals surface area contributed by atoms with Gasteiger partial charge in [-0.25, -0.2) is 9.79 Å². The fraction of sp³-hybridized carbons (Fsp3) is 0.160. The van der Waals surface area contributed by atoms with Crippen LogP contribution in [0.15, 0.2) is 86.2 Å². The van der Waals surface area contributed by atoms with Gasteiger partial charge in [-0.15, -0.1) is 0 Å². The van der Waals surface area contributed by atoms with Crippen molar-refractivity contribution in [3.8, 4) is 0 Å². The summed E-state index contributed by atoms with van der Waals surface area (Å²) in [6.07, 6.45) is 5.62. The molecule has 162 valence electrons. The number of aromatic nitrogens is 1. The maximum absolute atomic E-state index is 13.4. The number of thiazole rings is 1. The quantitative estimate of drug-likeness (QED) is 0.484. The standard InChI is InChI=1S/C25H21BrN2O3S/c1-3-31-24(30)22-16(2)27-25-28(20(22)13-12-17-8-5-4-6-9-17)23(29)21(32-25)15-18-10-7-11-19(26)14-18/h4-15,20H,3H2,1-2H3/b13-12+,21-15+/t20-/m0/s1. The van der Waals surface area contributed by atoms with Gasteiger partial charge in [0.2, 0.25) is 0 Å². The zero-order valence-corrected chi connectivity index (χ0v) is 20.0. The minimum atomic E-state index is -0.602. The van der Waals surface area contributed by atoms with E-state index in [-0.39, 0.29) is 12.2 Å². The summed E-state index contributed by atoms with van der Waals surface area (Å²) in [4.78, 5) is 31.3. The van der Waals surface area contributed by atoms with E-state index in [2.05, 4.69) is 20.9 Å². The SMILES string of the molecule is CCOC(=O)C1=C(C)N=c2s/c(=C/c3cccc(Br)c3)c(=O)n2[C@H]1/C=C/c1ccccc1. The molecule has 5 nitrogen and oxygen atoms in total. The van der Waals surface area contributed by atoms with Crippen LogP contribution in [0.25, 0.3) is 12.2 Å². The van der Waals surface area contributed by atoms with Gasteiger partial charge in [0.05, 0.1) is 28.5 Å². The predicted molar refractivity (Wildman–Crippen MR) is 131 cm³/mol. The summed E-state index contributed by atoms with van der Waals surface area (Å²) in [5.41, 5.74) is 2.62. The van der Waals surface area contributed by atoms with Gasteiger partial charge >= 0.3 is 5.97 Å². The lowest BCUT2D eigenvalue weighted by molar-refractivity contribution is -0.139. The molecule has 2 heterocycles. The van der Waals surface area contributed by atoms with Gasteiger partial charge in [0, 0.05) is 4.47 Å². The number of ether oxygens (including phenoxy) is 1. The normalized spacial score (nSPS) is 16.2. The number of nitrogens with zero attached hydrogens (tertiary/aromatic N) is 2. The molecule has 0 saturated heterocycles. The molecule has 0 radical (unpaired) electrons. The van der Waals surface area contributed by atoms with Crippen LogP contribution >= 0.6 is 27.3 Å². The van der Waals surface area contributed by atoms with E-state index in [0.717, 1.165) is 15.6 Å². The smallest absolute Gasteiger partial charge is 0.338 e. The number of hydrogen-bond donors (Lipinski definition) is 0. The lowest BCUT2D eigenvalue weighted by Gasteiger charge is -2.21. The third kappa shape index (κ3) is 4.59. The van der Waals surface area contributed by atoms with Crippen LogP contribution in [-0.2, 0) is 9.53 Å². The van der Waals surface area contributed by atoms with Crippen molar-refractivity contribution in [2.24, 2.45) is 4.99 Å². The summed E-state index contributed by atoms with van der Waals surface area (Å²) in [6.45, 7) is 3.79. The number of esters is 1. The Hall–Kier alpha value is -3.03. The molecule has 0 fully saturated rings. The monoisotopic (exact) mass is 508 g/mol. The number of fused-ring (bicyclic) bond motifs is 1. The minimum Gasteiger partial charge on any atom is -0.463 e. The van der Waals surface area contributed by atoms with Crippen LogP contribution in [0.1, 0.15) is 31.0 Å². The van der Waals surface area contributed by atoms with Gasteiger partial charge in [0.1, 0.15) is 0 Å². The first-order valence-electron chi connectivity index (χ1n) is 10.2. The van der Waals surface area contributed by atoms with Gasteiger partial charge in [0.15, 0.2) is 4.80 Å². The largest absolute Gasteiger partial charge is 0.463 e. The Balaban J connectivity index is 1.88. The molecule has 0 unspecified atom stereocenters. The summed E-state index contributed by atoms with van der Waals surface area (Å²) in [6, 6.07) is 16.9.